The number of fused-ring (bicyclic) bond motifs is 4. The van der Waals surface area contributed by atoms with Gasteiger partial charge in [0.2, 0.25) is 0 Å². The van der Waals surface area contributed by atoms with Gasteiger partial charge in [-0.3, -0.25) is 0 Å². The number of hydrogen-bond acceptors (Lipinski definition) is 1. The van der Waals surface area contributed by atoms with Gasteiger partial charge in [0.15, 0.2) is 0 Å². The first-order valence-electron chi connectivity index (χ1n) is 21.7. The fraction of sp³-hybridized carbons (Fsp3) is 0.119. The average molecular weight is 770 g/mol. The van der Waals surface area contributed by atoms with Crippen molar-refractivity contribution in [3.63, 3.8) is 0 Å². The molecule has 1 saturated carbocycles. The Morgan fingerprint density at radius 1 is 0.383 bits per heavy atom. The number of anilines is 3. The van der Waals surface area contributed by atoms with Crippen LogP contribution in [-0.2, 0) is 5.41 Å². The first-order chi connectivity index (χ1) is 29.8. The van der Waals surface area contributed by atoms with E-state index in [2.05, 4.69) is 223 Å². The Morgan fingerprint density at radius 3 is 1.62 bits per heavy atom. The van der Waals surface area contributed by atoms with Crippen molar-refractivity contribution < 1.29 is 0 Å². The predicted octanol–water partition coefficient (Wildman–Crippen LogP) is 16.1. The Hall–Kier alpha value is -6.96. The molecule has 0 N–H and O–H groups in total. The van der Waals surface area contributed by atoms with Gasteiger partial charge in [0.25, 0.3) is 0 Å². The Morgan fingerprint density at radius 2 is 0.917 bits per heavy atom. The van der Waals surface area contributed by atoms with Crippen LogP contribution in [0.15, 0.2) is 218 Å². The smallest absolute Gasteiger partial charge is 0.0713 e. The van der Waals surface area contributed by atoms with Gasteiger partial charge in [-0.05, 0) is 110 Å². The van der Waals surface area contributed by atoms with Crippen molar-refractivity contribution in [3.05, 3.63) is 246 Å². The molecule has 288 valence electrons. The standard InChI is InChI=1S/C59H47N/c1-5-21-42(22-6-1)49-34-19-23-43-24-20-35-53(58(43)49)52-33-15-18-38-57(52)60(47-29-11-4-12-30-47)56-37-17-14-31-48(56)44-39-40-51-50-32-13-16-36-54(50)59(55(51)41-44,45-25-7-2-8-26-45)46-27-9-3-10-28-46/h2-4,7-20,23-42H,1,5-6,21-22H2. The Labute approximate surface area is 354 Å². The summed E-state index contributed by atoms with van der Waals surface area (Å²) < 4.78 is 0. The zero-order chi connectivity index (χ0) is 39.9. The normalized spacial score (nSPS) is 14.4. The van der Waals surface area contributed by atoms with Crippen molar-refractivity contribution in [3.8, 4) is 33.4 Å². The summed E-state index contributed by atoms with van der Waals surface area (Å²) in [7, 11) is 0. The monoisotopic (exact) mass is 769 g/mol. The average Bonchev–Trinajstić information content (AvgIpc) is 3.63. The Bertz CT molecular complexity index is 2910. The summed E-state index contributed by atoms with van der Waals surface area (Å²) >= 11 is 0. The molecule has 0 aliphatic heterocycles. The van der Waals surface area contributed by atoms with Gasteiger partial charge in [-0.25, -0.2) is 0 Å². The van der Waals surface area contributed by atoms with Crippen LogP contribution in [0.2, 0.25) is 0 Å². The highest BCUT2D eigenvalue weighted by Gasteiger charge is 2.46. The van der Waals surface area contributed by atoms with E-state index in [1.165, 1.54) is 110 Å². The number of hydrogen-bond donors (Lipinski definition) is 0. The summed E-state index contributed by atoms with van der Waals surface area (Å²) in [5, 5.41) is 2.72. The highest BCUT2D eigenvalue weighted by Crippen LogP contribution is 2.57. The fourth-order valence-corrected chi connectivity index (χ4v) is 10.8. The van der Waals surface area contributed by atoms with Crippen LogP contribution in [0, 0.1) is 0 Å². The summed E-state index contributed by atoms with van der Waals surface area (Å²) in [6.45, 7) is 0. The van der Waals surface area contributed by atoms with E-state index in [9.17, 15) is 0 Å². The van der Waals surface area contributed by atoms with E-state index in [1.807, 2.05) is 0 Å². The molecule has 0 atom stereocenters. The van der Waals surface area contributed by atoms with Gasteiger partial charge in [0.05, 0.1) is 16.8 Å². The third-order valence-corrected chi connectivity index (χ3v) is 13.3. The number of nitrogens with zero attached hydrogens (tertiary/aromatic N) is 1. The topological polar surface area (TPSA) is 3.24 Å². The zero-order valence-electron chi connectivity index (χ0n) is 33.8. The number of benzene rings is 9. The van der Waals surface area contributed by atoms with Crippen molar-refractivity contribution >= 4 is 27.8 Å². The molecular weight excluding hydrogens is 723 g/mol. The van der Waals surface area contributed by atoms with Crippen molar-refractivity contribution in [1.29, 1.82) is 0 Å². The van der Waals surface area contributed by atoms with E-state index in [-0.39, 0.29) is 0 Å². The van der Waals surface area contributed by atoms with E-state index in [1.54, 1.807) is 0 Å². The van der Waals surface area contributed by atoms with Crippen LogP contribution in [0.1, 0.15) is 65.8 Å². The van der Waals surface area contributed by atoms with Crippen LogP contribution in [0.25, 0.3) is 44.2 Å². The van der Waals surface area contributed by atoms with Crippen LogP contribution in [-0.4, -0.2) is 0 Å². The SMILES string of the molecule is c1ccc(N(c2ccccc2-c2ccc3c(c2)C(c2ccccc2)(c2ccccc2)c2ccccc2-3)c2ccccc2-c2cccc3cccc(C4CCCCC4)c23)cc1. The van der Waals surface area contributed by atoms with Crippen molar-refractivity contribution in [2.75, 3.05) is 4.90 Å². The minimum atomic E-state index is -0.477. The lowest BCUT2D eigenvalue weighted by Gasteiger charge is -2.34. The fourth-order valence-electron chi connectivity index (χ4n) is 10.8. The summed E-state index contributed by atoms with van der Waals surface area (Å²) in [4.78, 5) is 2.50. The van der Waals surface area contributed by atoms with Crippen LogP contribution >= 0.6 is 0 Å². The van der Waals surface area contributed by atoms with Gasteiger partial charge in [-0.2, -0.15) is 0 Å². The lowest BCUT2D eigenvalue weighted by molar-refractivity contribution is 0.445. The van der Waals surface area contributed by atoms with E-state index >= 15 is 0 Å². The van der Waals surface area contributed by atoms with Gasteiger partial charge >= 0.3 is 0 Å². The summed E-state index contributed by atoms with van der Waals surface area (Å²) in [6.07, 6.45) is 6.50. The first-order valence-corrected chi connectivity index (χ1v) is 21.7. The summed E-state index contributed by atoms with van der Waals surface area (Å²) in [5.41, 5.74) is 17.1. The third kappa shape index (κ3) is 5.91. The van der Waals surface area contributed by atoms with E-state index in [0.29, 0.717) is 5.92 Å². The molecule has 0 amide bonds. The maximum Gasteiger partial charge on any atom is 0.0713 e. The number of rotatable bonds is 8. The molecule has 1 heteroatoms. The molecule has 1 fully saturated rings. The Balaban J connectivity index is 1.13. The maximum atomic E-state index is 2.50. The second kappa shape index (κ2) is 15.3. The second-order valence-electron chi connectivity index (χ2n) is 16.6. The second-order valence-corrected chi connectivity index (χ2v) is 16.6. The molecule has 0 spiro atoms. The van der Waals surface area contributed by atoms with E-state index in [0.717, 1.165) is 11.4 Å². The van der Waals surface area contributed by atoms with Crippen LogP contribution < -0.4 is 4.90 Å². The van der Waals surface area contributed by atoms with E-state index < -0.39 is 5.41 Å². The largest absolute Gasteiger partial charge is 0.309 e. The van der Waals surface area contributed by atoms with E-state index in [4.69, 9.17) is 0 Å². The van der Waals surface area contributed by atoms with Gasteiger partial charge in [0, 0.05) is 16.8 Å². The third-order valence-electron chi connectivity index (χ3n) is 13.3. The van der Waals surface area contributed by atoms with Crippen molar-refractivity contribution in [2.45, 2.75) is 43.4 Å². The lowest BCUT2D eigenvalue weighted by Crippen LogP contribution is -2.28. The highest BCUT2D eigenvalue weighted by molar-refractivity contribution is 6.04. The molecular formula is C59H47N. The molecule has 11 rings (SSSR count). The van der Waals surface area contributed by atoms with Gasteiger partial charge in [-0.1, -0.05) is 207 Å². The molecule has 0 heterocycles. The zero-order valence-corrected chi connectivity index (χ0v) is 33.8. The minimum Gasteiger partial charge on any atom is -0.309 e. The molecule has 0 unspecified atom stereocenters. The quantitative estimate of drug-likeness (QED) is 0.149. The minimum absolute atomic E-state index is 0.477. The van der Waals surface area contributed by atoms with Crippen LogP contribution in [0.4, 0.5) is 17.1 Å². The van der Waals surface area contributed by atoms with Crippen LogP contribution in [0.5, 0.6) is 0 Å². The molecule has 0 aromatic heterocycles. The molecule has 9 aromatic rings. The molecule has 0 saturated heterocycles. The van der Waals surface area contributed by atoms with Crippen LogP contribution in [0.3, 0.4) is 0 Å². The molecule has 0 radical (unpaired) electrons. The molecule has 1 nitrogen and oxygen atoms in total. The number of para-hydroxylation sites is 3. The highest BCUT2D eigenvalue weighted by atomic mass is 15.1. The predicted molar refractivity (Wildman–Crippen MR) is 253 cm³/mol. The molecule has 0 bridgehead atoms. The molecule has 60 heavy (non-hydrogen) atoms. The lowest BCUT2D eigenvalue weighted by atomic mass is 9.67. The van der Waals surface area contributed by atoms with Gasteiger partial charge in [0.1, 0.15) is 0 Å². The van der Waals surface area contributed by atoms with Gasteiger partial charge in [-0.15, -0.1) is 0 Å². The summed E-state index contributed by atoms with van der Waals surface area (Å²) in [5.74, 6) is 0.589. The maximum absolute atomic E-state index is 2.50. The van der Waals surface area contributed by atoms with Crippen molar-refractivity contribution in [1.82, 2.24) is 0 Å². The molecule has 9 aromatic carbocycles. The molecule has 2 aliphatic rings. The summed E-state index contributed by atoms with van der Waals surface area (Å²) in [6, 6.07) is 81.3. The molecule has 2 aliphatic carbocycles. The van der Waals surface area contributed by atoms with Gasteiger partial charge < -0.3 is 4.90 Å². The first kappa shape index (κ1) is 36.1. The van der Waals surface area contributed by atoms with Crippen molar-refractivity contribution in [2.24, 2.45) is 0 Å². The Kier molecular flexibility index (Phi) is 9.23.